The molecule has 0 aliphatic heterocycles. The minimum absolute atomic E-state index is 0.0468. The Morgan fingerprint density at radius 3 is 2.53 bits per heavy atom. The zero-order valence-corrected chi connectivity index (χ0v) is 12.0. The van der Waals surface area contributed by atoms with Crippen LogP contribution in [-0.4, -0.2) is 18.6 Å². The maximum Gasteiger partial charge on any atom is 0.258 e. The fraction of sp³-hybridized carbons (Fsp3) is 0.533. The molecule has 3 nitrogen and oxygen atoms in total. The van der Waals surface area contributed by atoms with Crippen LogP contribution in [0.4, 0.5) is 0 Å². The standard InChI is InChI=1S/C15H20ClNO2/c1-11-2-6-13(7-3-11)17-15(18)10-19-14-8-4-12(16)5-9-14/h4-5,8-9,11,13H,2-3,6-7,10H2,1H3,(H,17,18). The number of benzene rings is 1. The lowest BCUT2D eigenvalue weighted by Crippen LogP contribution is -2.39. The first-order valence-corrected chi connectivity index (χ1v) is 7.19. The van der Waals surface area contributed by atoms with Crippen LogP contribution >= 0.6 is 11.6 Å². The van der Waals surface area contributed by atoms with Crippen molar-refractivity contribution in [2.45, 2.75) is 38.6 Å². The summed E-state index contributed by atoms with van der Waals surface area (Å²) in [7, 11) is 0. The van der Waals surface area contributed by atoms with Crippen LogP contribution in [0, 0.1) is 5.92 Å². The molecule has 104 valence electrons. The molecule has 0 saturated heterocycles. The van der Waals surface area contributed by atoms with Gasteiger partial charge in [0.25, 0.3) is 5.91 Å². The molecule has 1 N–H and O–H groups in total. The smallest absolute Gasteiger partial charge is 0.258 e. The number of carbonyl (C=O) groups is 1. The first kappa shape index (κ1) is 14.2. The van der Waals surface area contributed by atoms with Gasteiger partial charge in [-0.25, -0.2) is 0 Å². The lowest BCUT2D eigenvalue weighted by atomic mass is 9.87. The fourth-order valence-corrected chi connectivity index (χ4v) is 2.48. The Morgan fingerprint density at radius 2 is 1.89 bits per heavy atom. The molecule has 1 aliphatic carbocycles. The van der Waals surface area contributed by atoms with Crippen LogP contribution in [0.5, 0.6) is 5.75 Å². The van der Waals surface area contributed by atoms with Gasteiger partial charge in [0.2, 0.25) is 0 Å². The first-order chi connectivity index (χ1) is 9.13. The van der Waals surface area contributed by atoms with E-state index in [1.807, 2.05) is 0 Å². The first-order valence-electron chi connectivity index (χ1n) is 6.81. The number of hydrogen-bond donors (Lipinski definition) is 1. The van der Waals surface area contributed by atoms with Gasteiger partial charge in [-0.3, -0.25) is 4.79 Å². The molecule has 0 aromatic heterocycles. The molecule has 1 aliphatic rings. The maximum absolute atomic E-state index is 11.8. The predicted octanol–water partition coefficient (Wildman–Crippen LogP) is 3.41. The van der Waals surface area contributed by atoms with Gasteiger partial charge < -0.3 is 10.1 Å². The minimum atomic E-state index is -0.0468. The average molecular weight is 282 g/mol. The average Bonchev–Trinajstić information content (AvgIpc) is 2.41. The van der Waals surface area contributed by atoms with Crippen LogP contribution in [0.2, 0.25) is 5.02 Å². The van der Waals surface area contributed by atoms with Crippen molar-refractivity contribution in [1.82, 2.24) is 5.32 Å². The SMILES string of the molecule is CC1CCC(NC(=O)COc2ccc(Cl)cc2)CC1. The monoisotopic (exact) mass is 281 g/mol. The van der Waals surface area contributed by atoms with E-state index >= 15 is 0 Å². The summed E-state index contributed by atoms with van der Waals surface area (Å²) in [4.78, 5) is 11.8. The Kier molecular flexibility index (Phi) is 5.08. The molecular formula is C15H20ClNO2. The van der Waals surface area contributed by atoms with E-state index < -0.39 is 0 Å². The van der Waals surface area contributed by atoms with Gasteiger partial charge in [0, 0.05) is 11.1 Å². The van der Waals surface area contributed by atoms with E-state index in [2.05, 4.69) is 12.2 Å². The number of amides is 1. The molecule has 4 heteroatoms. The molecule has 1 aromatic carbocycles. The summed E-state index contributed by atoms with van der Waals surface area (Å²) in [6.07, 6.45) is 4.55. The highest BCUT2D eigenvalue weighted by molar-refractivity contribution is 6.30. The highest BCUT2D eigenvalue weighted by atomic mass is 35.5. The Bertz CT molecular complexity index is 411. The number of halogens is 1. The van der Waals surface area contributed by atoms with Crippen molar-refractivity contribution < 1.29 is 9.53 Å². The van der Waals surface area contributed by atoms with Gasteiger partial charge in [-0.05, 0) is 55.9 Å². The quantitative estimate of drug-likeness (QED) is 0.918. The molecule has 1 saturated carbocycles. The zero-order chi connectivity index (χ0) is 13.7. The molecule has 0 atom stereocenters. The van der Waals surface area contributed by atoms with Crippen LogP contribution < -0.4 is 10.1 Å². The van der Waals surface area contributed by atoms with Crippen molar-refractivity contribution in [2.75, 3.05) is 6.61 Å². The van der Waals surface area contributed by atoms with E-state index in [0.717, 1.165) is 18.8 Å². The maximum atomic E-state index is 11.8. The molecule has 1 amide bonds. The molecular weight excluding hydrogens is 262 g/mol. The van der Waals surface area contributed by atoms with Crippen molar-refractivity contribution >= 4 is 17.5 Å². The van der Waals surface area contributed by atoms with Crippen molar-refractivity contribution in [2.24, 2.45) is 5.92 Å². The second-order valence-electron chi connectivity index (χ2n) is 5.27. The van der Waals surface area contributed by atoms with Crippen molar-refractivity contribution in [3.05, 3.63) is 29.3 Å². The highest BCUT2D eigenvalue weighted by Crippen LogP contribution is 2.23. The van der Waals surface area contributed by atoms with Crippen molar-refractivity contribution in [3.63, 3.8) is 0 Å². The van der Waals surface area contributed by atoms with Crippen LogP contribution in [0.3, 0.4) is 0 Å². The lowest BCUT2D eigenvalue weighted by molar-refractivity contribution is -0.124. The van der Waals surface area contributed by atoms with E-state index in [1.54, 1.807) is 24.3 Å². The Hall–Kier alpha value is -1.22. The van der Waals surface area contributed by atoms with Crippen LogP contribution in [0.25, 0.3) is 0 Å². The molecule has 0 bridgehead atoms. The number of rotatable bonds is 4. The van der Waals surface area contributed by atoms with E-state index in [1.165, 1.54) is 12.8 Å². The summed E-state index contributed by atoms with van der Waals surface area (Å²) in [5.74, 6) is 1.41. The summed E-state index contributed by atoms with van der Waals surface area (Å²) in [5.41, 5.74) is 0. The minimum Gasteiger partial charge on any atom is -0.484 e. The van der Waals surface area contributed by atoms with Gasteiger partial charge in [-0.2, -0.15) is 0 Å². The van der Waals surface area contributed by atoms with Crippen molar-refractivity contribution in [3.8, 4) is 5.75 Å². The largest absolute Gasteiger partial charge is 0.484 e. The molecule has 19 heavy (non-hydrogen) atoms. The Balaban J connectivity index is 1.71. The molecule has 0 spiro atoms. The van der Waals surface area contributed by atoms with E-state index in [4.69, 9.17) is 16.3 Å². The van der Waals surface area contributed by atoms with E-state index in [-0.39, 0.29) is 12.5 Å². The third-order valence-corrected chi connectivity index (χ3v) is 3.82. The van der Waals surface area contributed by atoms with Crippen LogP contribution in [0.15, 0.2) is 24.3 Å². The normalized spacial score (nSPS) is 22.8. The van der Waals surface area contributed by atoms with Crippen LogP contribution in [0.1, 0.15) is 32.6 Å². The lowest BCUT2D eigenvalue weighted by Gasteiger charge is -2.26. The summed E-state index contributed by atoms with van der Waals surface area (Å²) in [6, 6.07) is 7.34. The van der Waals surface area contributed by atoms with Gasteiger partial charge in [-0.1, -0.05) is 18.5 Å². The number of nitrogens with one attached hydrogen (secondary N) is 1. The van der Waals surface area contributed by atoms with Gasteiger partial charge in [0.1, 0.15) is 5.75 Å². The van der Waals surface area contributed by atoms with Gasteiger partial charge in [0.05, 0.1) is 0 Å². The highest BCUT2D eigenvalue weighted by Gasteiger charge is 2.19. The van der Waals surface area contributed by atoms with Gasteiger partial charge in [-0.15, -0.1) is 0 Å². The number of carbonyl (C=O) groups excluding carboxylic acids is 1. The Labute approximate surface area is 119 Å². The molecule has 1 aromatic rings. The summed E-state index contributed by atoms with van der Waals surface area (Å²) in [5, 5.41) is 3.69. The fourth-order valence-electron chi connectivity index (χ4n) is 2.35. The molecule has 0 radical (unpaired) electrons. The second-order valence-corrected chi connectivity index (χ2v) is 5.70. The zero-order valence-electron chi connectivity index (χ0n) is 11.2. The molecule has 0 heterocycles. The number of hydrogen-bond acceptors (Lipinski definition) is 2. The number of ether oxygens (including phenoxy) is 1. The molecule has 2 rings (SSSR count). The molecule has 0 unspecified atom stereocenters. The second kappa shape index (κ2) is 6.80. The third-order valence-electron chi connectivity index (χ3n) is 3.56. The van der Waals surface area contributed by atoms with Crippen molar-refractivity contribution in [1.29, 1.82) is 0 Å². The molecule has 1 fully saturated rings. The Morgan fingerprint density at radius 1 is 1.26 bits per heavy atom. The predicted molar refractivity (Wildman–Crippen MR) is 76.5 cm³/mol. The van der Waals surface area contributed by atoms with Gasteiger partial charge in [0.15, 0.2) is 6.61 Å². The third kappa shape index (κ3) is 4.75. The topological polar surface area (TPSA) is 38.3 Å². The van der Waals surface area contributed by atoms with Gasteiger partial charge >= 0.3 is 0 Å². The van der Waals surface area contributed by atoms with E-state index in [0.29, 0.717) is 16.8 Å². The summed E-state index contributed by atoms with van der Waals surface area (Å²) < 4.78 is 5.41. The summed E-state index contributed by atoms with van der Waals surface area (Å²) in [6.45, 7) is 2.33. The van der Waals surface area contributed by atoms with Crippen LogP contribution in [-0.2, 0) is 4.79 Å². The summed E-state index contributed by atoms with van der Waals surface area (Å²) >= 11 is 5.78. The van der Waals surface area contributed by atoms with E-state index in [9.17, 15) is 4.79 Å².